The second kappa shape index (κ2) is 8.32. The van der Waals surface area contributed by atoms with Crippen molar-refractivity contribution >= 4 is 35.4 Å². The predicted molar refractivity (Wildman–Crippen MR) is 104 cm³/mol. The lowest BCUT2D eigenvalue weighted by molar-refractivity contribution is -0.140. The van der Waals surface area contributed by atoms with Crippen molar-refractivity contribution < 1.29 is 23.9 Å². The first-order valence-corrected chi connectivity index (χ1v) is 9.19. The van der Waals surface area contributed by atoms with Crippen molar-refractivity contribution in [1.29, 1.82) is 0 Å². The van der Waals surface area contributed by atoms with Gasteiger partial charge in [0.05, 0.1) is 5.56 Å². The van der Waals surface area contributed by atoms with Crippen molar-refractivity contribution in [3.63, 3.8) is 0 Å². The fourth-order valence-electron chi connectivity index (χ4n) is 3.03. The SMILES string of the molecule is CC[C@@]1(c2ccccc2)NC(=O)N(NC(=O)COC(=O)c2cccc(Cl)c2)C1=O. The first-order chi connectivity index (χ1) is 13.9. The van der Waals surface area contributed by atoms with Crippen LogP contribution in [0, 0.1) is 0 Å². The van der Waals surface area contributed by atoms with Gasteiger partial charge in [-0.15, -0.1) is 0 Å². The molecule has 8 nitrogen and oxygen atoms in total. The highest BCUT2D eigenvalue weighted by Crippen LogP contribution is 2.31. The molecule has 2 aromatic carbocycles. The van der Waals surface area contributed by atoms with Crippen molar-refractivity contribution in [3.05, 3.63) is 70.7 Å². The number of esters is 1. The number of ether oxygens (including phenoxy) is 1. The van der Waals surface area contributed by atoms with Gasteiger partial charge in [-0.2, -0.15) is 5.01 Å². The topological polar surface area (TPSA) is 105 Å². The monoisotopic (exact) mass is 415 g/mol. The molecule has 0 radical (unpaired) electrons. The Morgan fingerprint density at radius 3 is 2.52 bits per heavy atom. The number of nitrogens with zero attached hydrogens (tertiary/aromatic N) is 1. The number of halogens is 1. The quantitative estimate of drug-likeness (QED) is 0.556. The van der Waals surface area contributed by atoms with Gasteiger partial charge < -0.3 is 10.1 Å². The normalized spacial score (nSPS) is 18.3. The van der Waals surface area contributed by atoms with Crippen molar-refractivity contribution in [3.8, 4) is 0 Å². The highest BCUT2D eigenvalue weighted by atomic mass is 35.5. The van der Waals surface area contributed by atoms with Crippen LogP contribution < -0.4 is 10.7 Å². The van der Waals surface area contributed by atoms with E-state index in [-0.39, 0.29) is 12.0 Å². The third kappa shape index (κ3) is 4.07. The maximum absolute atomic E-state index is 12.9. The van der Waals surface area contributed by atoms with Crippen LogP contribution in [0.1, 0.15) is 29.3 Å². The van der Waals surface area contributed by atoms with E-state index in [4.69, 9.17) is 16.3 Å². The Labute approximate surface area is 171 Å². The lowest BCUT2D eigenvalue weighted by atomic mass is 9.87. The molecule has 1 aliphatic heterocycles. The zero-order valence-corrected chi connectivity index (χ0v) is 16.2. The molecule has 150 valence electrons. The molecule has 4 amide bonds. The summed E-state index contributed by atoms with van der Waals surface area (Å²) >= 11 is 5.81. The van der Waals surface area contributed by atoms with Gasteiger partial charge in [0.25, 0.3) is 11.8 Å². The number of imide groups is 1. The smallest absolute Gasteiger partial charge is 0.344 e. The number of carbonyl (C=O) groups is 4. The highest BCUT2D eigenvalue weighted by molar-refractivity contribution is 6.30. The number of hydrogen-bond acceptors (Lipinski definition) is 5. The molecule has 0 aromatic heterocycles. The molecule has 0 aliphatic carbocycles. The van der Waals surface area contributed by atoms with Gasteiger partial charge in [-0.05, 0) is 30.2 Å². The van der Waals surface area contributed by atoms with Gasteiger partial charge in [-0.3, -0.25) is 15.0 Å². The van der Waals surface area contributed by atoms with Crippen LogP contribution in [0.15, 0.2) is 54.6 Å². The van der Waals surface area contributed by atoms with E-state index in [1.54, 1.807) is 49.4 Å². The lowest BCUT2D eigenvalue weighted by Gasteiger charge is -2.25. The number of nitrogens with one attached hydrogen (secondary N) is 2. The zero-order chi connectivity index (χ0) is 21.0. The van der Waals surface area contributed by atoms with Crippen molar-refractivity contribution in [2.75, 3.05) is 6.61 Å². The highest BCUT2D eigenvalue weighted by Gasteiger charge is 2.52. The molecule has 1 saturated heterocycles. The molecule has 9 heteroatoms. The molecule has 2 aromatic rings. The molecule has 3 rings (SSSR count). The first-order valence-electron chi connectivity index (χ1n) is 8.82. The zero-order valence-electron chi connectivity index (χ0n) is 15.5. The molecule has 1 aliphatic rings. The first kappa shape index (κ1) is 20.3. The lowest BCUT2D eigenvalue weighted by Crippen LogP contribution is -2.49. The number of carbonyl (C=O) groups excluding carboxylic acids is 4. The summed E-state index contributed by atoms with van der Waals surface area (Å²) in [5, 5.41) is 3.59. The number of hydrogen-bond donors (Lipinski definition) is 2. The number of urea groups is 1. The van der Waals surface area contributed by atoms with E-state index in [0.29, 0.717) is 15.6 Å². The summed E-state index contributed by atoms with van der Waals surface area (Å²) in [6.07, 6.45) is 0.289. The van der Waals surface area contributed by atoms with Crippen LogP contribution in [-0.2, 0) is 19.9 Å². The van der Waals surface area contributed by atoms with Gasteiger partial charge in [0.2, 0.25) is 0 Å². The fraction of sp³-hybridized carbons (Fsp3) is 0.200. The van der Waals surface area contributed by atoms with Crippen LogP contribution in [0.3, 0.4) is 0 Å². The summed E-state index contributed by atoms with van der Waals surface area (Å²) in [5.74, 6) is -2.21. The molecule has 1 fully saturated rings. The van der Waals surface area contributed by atoms with Crippen LogP contribution in [0.2, 0.25) is 5.02 Å². The molecule has 0 spiro atoms. The van der Waals surface area contributed by atoms with Crippen LogP contribution in [0.25, 0.3) is 0 Å². The number of amides is 4. The Morgan fingerprint density at radius 1 is 1.14 bits per heavy atom. The second-order valence-corrected chi connectivity index (χ2v) is 6.75. The fourth-order valence-corrected chi connectivity index (χ4v) is 3.22. The molecule has 0 bridgehead atoms. The summed E-state index contributed by atoms with van der Waals surface area (Å²) in [4.78, 5) is 49.4. The predicted octanol–water partition coefficient (Wildman–Crippen LogP) is 2.39. The average molecular weight is 416 g/mol. The van der Waals surface area contributed by atoms with Crippen LogP contribution in [0.4, 0.5) is 4.79 Å². The molecular formula is C20H18ClN3O5. The summed E-state index contributed by atoms with van der Waals surface area (Å²) in [7, 11) is 0. The summed E-state index contributed by atoms with van der Waals surface area (Å²) in [5.41, 5.74) is 1.69. The Morgan fingerprint density at radius 2 is 1.86 bits per heavy atom. The maximum atomic E-state index is 12.9. The number of hydrazine groups is 1. The summed E-state index contributed by atoms with van der Waals surface area (Å²) in [6, 6.07) is 14.0. The van der Waals surface area contributed by atoms with E-state index >= 15 is 0 Å². The van der Waals surface area contributed by atoms with E-state index in [1.807, 2.05) is 0 Å². The van der Waals surface area contributed by atoms with Gasteiger partial charge >= 0.3 is 12.0 Å². The van der Waals surface area contributed by atoms with E-state index in [2.05, 4.69) is 10.7 Å². The third-order valence-electron chi connectivity index (χ3n) is 4.52. The van der Waals surface area contributed by atoms with Gasteiger partial charge in [0.15, 0.2) is 6.61 Å². The molecular weight excluding hydrogens is 398 g/mol. The van der Waals surface area contributed by atoms with E-state index < -0.39 is 36.0 Å². The number of benzene rings is 2. The molecule has 29 heavy (non-hydrogen) atoms. The summed E-state index contributed by atoms with van der Waals surface area (Å²) in [6.45, 7) is 1.08. The van der Waals surface area contributed by atoms with Crippen molar-refractivity contribution in [2.45, 2.75) is 18.9 Å². The van der Waals surface area contributed by atoms with Gasteiger partial charge in [0, 0.05) is 5.02 Å². The Kier molecular flexibility index (Phi) is 5.84. The van der Waals surface area contributed by atoms with Crippen LogP contribution >= 0.6 is 11.6 Å². The van der Waals surface area contributed by atoms with Gasteiger partial charge in [-0.1, -0.05) is 54.9 Å². The Bertz CT molecular complexity index is 966. The minimum absolute atomic E-state index is 0.175. The van der Waals surface area contributed by atoms with Crippen molar-refractivity contribution in [2.24, 2.45) is 0 Å². The Balaban J connectivity index is 1.65. The molecule has 1 heterocycles. The molecule has 2 N–H and O–H groups in total. The molecule has 1 atom stereocenters. The third-order valence-corrected chi connectivity index (χ3v) is 4.75. The minimum atomic E-state index is -1.27. The minimum Gasteiger partial charge on any atom is -0.452 e. The van der Waals surface area contributed by atoms with E-state index in [1.165, 1.54) is 12.1 Å². The maximum Gasteiger partial charge on any atom is 0.344 e. The number of rotatable bonds is 6. The molecule has 0 saturated carbocycles. The second-order valence-electron chi connectivity index (χ2n) is 6.32. The van der Waals surface area contributed by atoms with Crippen LogP contribution in [-0.4, -0.2) is 35.4 Å². The van der Waals surface area contributed by atoms with E-state index in [9.17, 15) is 19.2 Å². The average Bonchev–Trinajstić information content (AvgIpc) is 2.97. The van der Waals surface area contributed by atoms with Crippen molar-refractivity contribution in [1.82, 2.24) is 15.8 Å². The van der Waals surface area contributed by atoms with Gasteiger partial charge in [0.1, 0.15) is 5.54 Å². The van der Waals surface area contributed by atoms with Crippen LogP contribution in [0.5, 0.6) is 0 Å². The summed E-state index contributed by atoms with van der Waals surface area (Å²) < 4.78 is 4.91. The largest absolute Gasteiger partial charge is 0.452 e. The molecule has 0 unspecified atom stereocenters. The van der Waals surface area contributed by atoms with E-state index in [0.717, 1.165) is 0 Å². The standard InChI is InChI=1S/C20H18ClN3O5/c1-2-20(14-8-4-3-5-9-14)18(27)24(19(28)22-20)23-16(25)12-29-17(26)13-7-6-10-15(21)11-13/h3-11H,2,12H2,1H3,(H,22,28)(H,23,25)/t20-/m0/s1. The van der Waals surface area contributed by atoms with Gasteiger partial charge in [-0.25, -0.2) is 9.59 Å². The Hall–Kier alpha value is -3.39.